The molecule has 0 unspecified atom stereocenters. The van der Waals surface area contributed by atoms with E-state index in [1.54, 1.807) is 0 Å². The summed E-state index contributed by atoms with van der Waals surface area (Å²) in [6, 6.07) is -4.44. The number of rotatable bonds is 10. The third-order valence-electron chi connectivity index (χ3n) is 8.72. The molecular formula is C26H49N7O17S. The maximum atomic E-state index is 13.0. The lowest BCUT2D eigenvalue weighted by atomic mass is 9.84. The molecule has 3 aliphatic heterocycles. The van der Waals surface area contributed by atoms with Crippen LogP contribution in [0.25, 0.3) is 0 Å². The van der Waals surface area contributed by atoms with Gasteiger partial charge in [0, 0.05) is 25.2 Å². The number of nitrogens with one attached hydrogen (secondary N) is 1. The first-order valence-electron chi connectivity index (χ1n) is 15.6. The van der Waals surface area contributed by atoms with Crippen molar-refractivity contribution in [1.29, 1.82) is 0 Å². The summed E-state index contributed by atoms with van der Waals surface area (Å²) in [5, 5.41) is 66.1. The Hall–Kier alpha value is -1.82. The monoisotopic (exact) mass is 763 g/mol. The van der Waals surface area contributed by atoms with Crippen molar-refractivity contribution in [2.24, 2.45) is 34.4 Å². The Kier molecular flexibility index (Phi) is 15.8. The molecule has 296 valence electrons. The van der Waals surface area contributed by atoms with Crippen LogP contribution in [0, 0.1) is 12.3 Å². The minimum atomic E-state index is -4.67. The van der Waals surface area contributed by atoms with Crippen LogP contribution in [-0.4, -0.2) is 190 Å². The Morgan fingerprint density at radius 3 is 1.61 bits per heavy atom. The second-order valence-electron chi connectivity index (χ2n) is 12.3. The molecule has 0 aromatic carbocycles. The molecule has 4 aliphatic rings. The first kappa shape index (κ1) is 43.6. The predicted molar refractivity (Wildman–Crippen MR) is 167 cm³/mol. The van der Waals surface area contributed by atoms with Gasteiger partial charge in [-0.25, -0.2) is 0 Å². The third kappa shape index (κ3) is 10.7. The summed E-state index contributed by atoms with van der Waals surface area (Å²) in [6.07, 6.45) is -16.3. The summed E-state index contributed by atoms with van der Waals surface area (Å²) < 4.78 is 66.5. The van der Waals surface area contributed by atoms with Crippen molar-refractivity contribution in [1.82, 2.24) is 5.32 Å². The van der Waals surface area contributed by atoms with E-state index in [0.717, 1.165) is 0 Å². The number of ether oxygens (including phenoxy) is 6. The lowest BCUT2D eigenvalue weighted by molar-refractivity contribution is -0.306. The zero-order valence-corrected chi connectivity index (χ0v) is 27.8. The van der Waals surface area contributed by atoms with Gasteiger partial charge in [0.25, 0.3) is 5.91 Å². The fraction of sp³-hybridized carbons (Fsp3) is 0.885. The van der Waals surface area contributed by atoms with E-state index in [1.165, 1.54) is 0 Å². The average molecular weight is 764 g/mol. The van der Waals surface area contributed by atoms with Crippen molar-refractivity contribution in [2.75, 3.05) is 19.6 Å². The van der Waals surface area contributed by atoms with Crippen LogP contribution in [0.5, 0.6) is 0 Å². The number of nitrogens with two attached hydrogens (primary N) is 6. The zero-order valence-electron chi connectivity index (χ0n) is 27.0. The Balaban J connectivity index is 0.00000131. The van der Waals surface area contributed by atoms with Crippen molar-refractivity contribution >= 4 is 16.3 Å². The quantitative estimate of drug-likeness (QED) is 0.0725. The van der Waals surface area contributed by atoms with Crippen LogP contribution in [-0.2, 0) is 43.6 Å². The Morgan fingerprint density at radius 1 is 0.706 bits per heavy atom. The van der Waals surface area contributed by atoms with Crippen LogP contribution >= 0.6 is 0 Å². The Morgan fingerprint density at radius 2 is 1.16 bits per heavy atom. The number of aliphatic hydroxyl groups excluding tert-OH is 6. The molecule has 0 bridgehead atoms. The summed E-state index contributed by atoms with van der Waals surface area (Å²) in [5.74, 6) is 1.41. The molecule has 21 N–H and O–H groups in total. The van der Waals surface area contributed by atoms with E-state index < -0.39 is 133 Å². The van der Waals surface area contributed by atoms with Gasteiger partial charge in [-0.1, -0.05) is 5.92 Å². The molecule has 3 saturated heterocycles. The van der Waals surface area contributed by atoms with E-state index in [9.17, 15) is 35.4 Å². The maximum absolute atomic E-state index is 13.0. The lowest BCUT2D eigenvalue weighted by Crippen LogP contribution is -2.68. The van der Waals surface area contributed by atoms with Gasteiger partial charge in [0.1, 0.15) is 61.0 Å². The topological polar surface area (TPSA) is 437 Å². The number of aliphatic hydroxyl groups is 6. The standard InChI is InChI=1S/C26H47N7O13.H2O4S/c1-2-3-33-23(40)22-21(44-25-12(32)17(38)15(36)10(6-28)42-25)18(39)26(46-22)45-20-13(34)7(29)4-8(30)19(20)43-24-11(31)16(37)14(35)9(5-27)41-24;1-5(2,3)4/h1,7-22,24-26,34-39H,3-6,27-32H2,(H,33,40);(H2,1,2,3,4)/t7-,8+,9-,10+,11-,12-,13+,14-,15-,16-,17-,18-,19-,20-,21+,22+,24-,25-,26-;/m1./s1. The largest absolute Gasteiger partial charge is 0.394 e. The number of carbonyl (C=O) groups is 1. The summed E-state index contributed by atoms with van der Waals surface area (Å²) >= 11 is 0. The van der Waals surface area contributed by atoms with E-state index in [-0.39, 0.29) is 26.1 Å². The summed E-state index contributed by atoms with van der Waals surface area (Å²) in [4.78, 5) is 13.0. The molecule has 4 rings (SSSR count). The van der Waals surface area contributed by atoms with Crippen LogP contribution in [0.2, 0.25) is 0 Å². The second-order valence-corrected chi connectivity index (χ2v) is 13.2. The average Bonchev–Trinajstić information content (AvgIpc) is 3.37. The smallest absolute Gasteiger partial charge is 0.389 e. The molecule has 0 spiro atoms. The van der Waals surface area contributed by atoms with Gasteiger partial charge >= 0.3 is 10.4 Å². The van der Waals surface area contributed by atoms with Gasteiger partial charge in [-0.15, -0.1) is 6.42 Å². The van der Waals surface area contributed by atoms with Crippen molar-refractivity contribution < 1.29 is 81.4 Å². The molecule has 24 nitrogen and oxygen atoms in total. The normalized spacial score (nSPS) is 46.0. The zero-order chi connectivity index (χ0) is 38.5. The van der Waals surface area contributed by atoms with Crippen molar-refractivity contribution in [3.63, 3.8) is 0 Å². The minimum absolute atomic E-state index is 0.0451. The predicted octanol–water partition coefficient (Wildman–Crippen LogP) is -9.79. The molecule has 0 aromatic rings. The molecule has 19 atom stereocenters. The van der Waals surface area contributed by atoms with Crippen LogP contribution in [0.3, 0.4) is 0 Å². The molecule has 0 radical (unpaired) electrons. The fourth-order valence-corrected chi connectivity index (χ4v) is 5.96. The van der Waals surface area contributed by atoms with Crippen LogP contribution in [0.4, 0.5) is 0 Å². The number of terminal acetylenes is 1. The van der Waals surface area contributed by atoms with Gasteiger partial charge in [0.05, 0.1) is 24.7 Å². The maximum Gasteiger partial charge on any atom is 0.394 e. The highest BCUT2D eigenvalue weighted by Crippen LogP contribution is 2.34. The molecule has 1 amide bonds. The van der Waals surface area contributed by atoms with Crippen molar-refractivity contribution in [3.8, 4) is 12.3 Å². The third-order valence-corrected chi connectivity index (χ3v) is 8.72. The fourth-order valence-electron chi connectivity index (χ4n) is 5.96. The highest BCUT2D eigenvalue weighted by Gasteiger charge is 2.56. The van der Waals surface area contributed by atoms with Crippen molar-refractivity contribution in [2.45, 2.75) is 123 Å². The molecule has 25 heteroatoms. The van der Waals surface area contributed by atoms with Gasteiger partial charge in [0.2, 0.25) is 0 Å². The van der Waals surface area contributed by atoms with E-state index >= 15 is 0 Å². The van der Waals surface area contributed by atoms with Gasteiger partial charge < -0.3 is 98.8 Å². The summed E-state index contributed by atoms with van der Waals surface area (Å²) in [6.45, 7) is -0.609. The number of hydrogen-bond acceptors (Lipinski definition) is 21. The van der Waals surface area contributed by atoms with E-state index in [2.05, 4.69) is 11.2 Å². The van der Waals surface area contributed by atoms with Crippen LogP contribution < -0.4 is 39.7 Å². The first-order valence-corrected chi connectivity index (χ1v) is 17.0. The SMILES string of the molecule is C#CCNC(=O)[C@H]1O[C@@H](O[C@@H]2[C@@H](O)[C@H](N)C[C@H](N)[C@H]2O[C@H]2O[C@H](CN)[C@@H](O)[C@H](O)[C@H]2N)[C@H](O)[C@@H]1O[C@H]1O[C@@H](CN)[C@@H](O)[C@H](O)[C@H]1N.O=S(=O)(O)O. The molecular weight excluding hydrogens is 714 g/mol. The van der Waals surface area contributed by atoms with Crippen LogP contribution in [0.15, 0.2) is 0 Å². The minimum Gasteiger partial charge on any atom is -0.389 e. The van der Waals surface area contributed by atoms with Crippen molar-refractivity contribution in [3.05, 3.63) is 0 Å². The van der Waals surface area contributed by atoms with Gasteiger partial charge in [-0.2, -0.15) is 8.42 Å². The van der Waals surface area contributed by atoms with Gasteiger partial charge in [-0.3, -0.25) is 13.9 Å². The number of carbonyl (C=O) groups excluding carboxylic acids is 1. The lowest BCUT2D eigenvalue weighted by Gasteiger charge is -2.47. The van der Waals surface area contributed by atoms with Gasteiger partial charge in [-0.05, 0) is 6.42 Å². The van der Waals surface area contributed by atoms with E-state index in [4.69, 9.17) is 86.8 Å². The van der Waals surface area contributed by atoms with Crippen LogP contribution in [0.1, 0.15) is 6.42 Å². The molecule has 0 aromatic heterocycles. The Labute approximate surface area is 292 Å². The molecule has 1 aliphatic carbocycles. The number of hydrogen-bond donors (Lipinski definition) is 15. The molecule has 1 saturated carbocycles. The van der Waals surface area contributed by atoms with E-state index in [0.29, 0.717) is 0 Å². The number of amides is 1. The first-order chi connectivity index (χ1) is 23.7. The molecule has 4 fully saturated rings. The van der Waals surface area contributed by atoms with E-state index in [1.807, 2.05) is 0 Å². The van der Waals surface area contributed by atoms with Gasteiger partial charge in [0.15, 0.2) is 25.0 Å². The highest BCUT2D eigenvalue weighted by atomic mass is 32.3. The summed E-state index contributed by atoms with van der Waals surface area (Å²) in [5.41, 5.74) is 35.8. The molecule has 51 heavy (non-hydrogen) atoms. The summed E-state index contributed by atoms with van der Waals surface area (Å²) in [7, 11) is -4.67. The highest BCUT2D eigenvalue weighted by molar-refractivity contribution is 7.79. The second kappa shape index (κ2) is 18.5. The Bertz CT molecular complexity index is 1270. The molecule has 3 heterocycles.